The summed E-state index contributed by atoms with van der Waals surface area (Å²) in [7, 11) is 0. The lowest BCUT2D eigenvalue weighted by Gasteiger charge is -2.09. The van der Waals surface area contributed by atoms with Crippen LogP contribution >= 0.6 is 11.3 Å². The third kappa shape index (κ3) is 5.16. The second kappa shape index (κ2) is 8.81. The zero-order chi connectivity index (χ0) is 17.5. The summed E-state index contributed by atoms with van der Waals surface area (Å²) in [5.74, 6) is 0.867. The minimum atomic E-state index is 0.115. The topological polar surface area (TPSA) is 54.0 Å². The summed E-state index contributed by atoms with van der Waals surface area (Å²) in [5.41, 5.74) is 2.84. The van der Waals surface area contributed by atoms with E-state index in [-0.39, 0.29) is 5.91 Å². The summed E-state index contributed by atoms with van der Waals surface area (Å²) in [6.07, 6.45) is 8.69. The Morgan fingerprint density at radius 1 is 1.28 bits per heavy atom. The molecule has 1 saturated carbocycles. The van der Waals surface area contributed by atoms with Crippen molar-refractivity contribution in [3.05, 3.63) is 42.3 Å². The van der Waals surface area contributed by atoms with E-state index in [1.807, 2.05) is 35.7 Å². The number of hydrogen-bond donors (Lipinski definition) is 2. The second-order valence-corrected chi connectivity index (χ2v) is 7.38. The van der Waals surface area contributed by atoms with Crippen LogP contribution in [0.5, 0.6) is 0 Å². The van der Waals surface area contributed by atoms with Crippen LogP contribution in [0.3, 0.4) is 0 Å². The smallest absolute Gasteiger partial charge is 0.224 e. The molecular formula is C20H25N3OS. The number of nitrogens with one attached hydrogen (secondary N) is 2. The van der Waals surface area contributed by atoms with Crippen LogP contribution < -0.4 is 10.6 Å². The molecule has 1 aromatic heterocycles. The molecule has 3 rings (SSSR count). The Kier molecular flexibility index (Phi) is 6.23. The minimum Gasteiger partial charge on any atom is -0.358 e. The molecule has 1 fully saturated rings. The van der Waals surface area contributed by atoms with Gasteiger partial charge in [0, 0.05) is 29.6 Å². The highest BCUT2D eigenvalue weighted by Gasteiger charge is 2.16. The summed E-state index contributed by atoms with van der Waals surface area (Å²) in [4.78, 5) is 16.6. The van der Waals surface area contributed by atoms with E-state index >= 15 is 0 Å². The molecule has 132 valence electrons. The highest BCUT2D eigenvalue weighted by atomic mass is 32.1. The number of carbonyl (C=O) groups excluding carboxylic acids is 1. The molecule has 1 aromatic carbocycles. The SMILES string of the molecule is C=CCNc1nc(-c2ccc(NC(=O)CCC3CCCC3)cc2)cs1. The Morgan fingerprint density at radius 2 is 2.04 bits per heavy atom. The first kappa shape index (κ1) is 17.7. The lowest BCUT2D eigenvalue weighted by Crippen LogP contribution is -2.12. The molecule has 2 aromatic rings. The van der Waals surface area contributed by atoms with Crippen LogP contribution in [-0.4, -0.2) is 17.4 Å². The number of aromatic nitrogens is 1. The number of thiazole rings is 1. The molecule has 2 N–H and O–H groups in total. The van der Waals surface area contributed by atoms with Crippen molar-refractivity contribution in [3.63, 3.8) is 0 Å². The summed E-state index contributed by atoms with van der Waals surface area (Å²) < 4.78 is 0. The van der Waals surface area contributed by atoms with E-state index in [0.717, 1.165) is 34.4 Å². The van der Waals surface area contributed by atoms with Crippen molar-refractivity contribution in [1.29, 1.82) is 0 Å². The quantitative estimate of drug-likeness (QED) is 0.630. The molecule has 5 heteroatoms. The zero-order valence-electron chi connectivity index (χ0n) is 14.5. The largest absolute Gasteiger partial charge is 0.358 e. The lowest BCUT2D eigenvalue weighted by molar-refractivity contribution is -0.116. The van der Waals surface area contributed by atoms with Crippen molar-refractivity contribution < 1.29 is 4.79 Å². The van der Waals surface area contributed by atoms with Crippen LogP contribution in [0.1, 0.15) is 38.5 Å². The highest BCUT2D eigenvalue weighted by Crippen LogP contribution is 2.29. The maximum Gasteiger partial charge on any atom is 0.224 e. The van der Waals surface area contributed by atoms with Crippen LogP contribution in [0.25, 0.3) is 11.3 Å². The first-order valence-electron chi connectivity index (χ1n) is 8.95. The Labute approximate surface area is 153 Å². The molecule has 1 heterocycles. The molecule has 0 bridgehead atoms. The van der Waals surface area contributed by atoms with Gasteiger partial charge in [0.05, 0.1) is 5.69 Å². The summed E-state index contributed by atoms with van der Waals surface area (Å²) in [6.45, 7) is 4.40. The fraction of sp³-hybridized carbons (Fsp3) is 0.400. The Bertz CT molecular complexity index is 702. The fourth-order valence-electron chi connectivity index (χ4n) is 3.23. The molecule has 0 aliphatic heterocycles. The third-order valence-corrected chi connectivity index (χ3v) is 5.42. The number of hydrogen-bond acceptors (Lipinski definition) is 4. The van der Waals surface area contributed by atoms with Crippen molar-refractivity contribution >= 4 is 28.1 Å². The van der Waals surface area contributed by atoms with E-state index in [1.165, 1.54) is 25.7 Å². The second-order valence-electron chi connectivity index (χ2n) is 6.52. The number of rotatable bonds is 8. The van der Waals surface area contributed by atoms with Gasteiger partial charge in [-0.05, 0) is 24.5 Å². The predicted octanol–water partition coefficient (Wildman–Crippen LogP) is 5.32. The van der Waals surface area contributed by atoms with Crippen LogP contribution in [-0.2, 0) is 4.79 Å². The van der Waals surface area contributed by atoms with E-state index in [4.69, 9.17) is 0 Å². The maximum absolute atomic E-state index is 12.1. The molecular weight excluding hydrogens is 330 g/mol. The molecule has 0 atom stereocenters. The predicted molar refractivity (Wildman–Crippen MR) is 106 cm³/mol. The molecule has 1 aliphatic carbocycles. The molecule has 1 aliphatic rings. The van der Waals surface area contributed by atoms with Crippen molar-refractivity contribution in [3.8, 4) is 11.3 Å². The first-order valence-corrected chi connectivity index (χ1v) is 9.83. The Balaban J connectivity index is 1.51. The number of amides is 1. The van der Waals surface area contributed by atoms with Gasteiger partial charge in [-0.1, -0.05) is 43.9 Å². The molecule has 25 heavy (non-hydrogen) atoms. The van der Waals surface area contributed by atoms with Crippen LogP contribution in [0.15, 0.2) is 42.3 Å². The van der Waals surface area contributed by atoms with Crippen LogP contribution in [0.4, 0.5) is 10.8 Å². The van der Waals surface area contributed by atoms with Gasteiger partial charge in [-0.15, -0.1) is 17.9 Å². The van der Waals surface area contributed by atoms with Gasteiger partial charge >= 0.3 is 0 Å². The number of anilines is 2. The average Bonchev–Trinajstić information content (AvgIpc) is 3.31. The van der Waals surface area contributed by atoms with Crippen molar-refractivity contribution in [2.45, 2.75) is 38.5 Å². The van der Waals surface area contributed by atoms with Crippen LogP contribution in [0.2, 0.25) is 0 Å². The van der Waals surface area contributed by atoms with Crippen molar-refractivity contribution in [1.82, 2.24) is 4.98 Å². The number of benzene rings is 1. The van der Waals surface area contributed by atoms with Gasteiger partial charge in [-0.3, -0.25) is 4.79 Å². The monoisotopic (exact) mass is 355 g/mol. The molecule has 0 saturated heterocycles. The normalized spacial score (nSPS) is 14.4. The van der Waals surface area contributed by atoms with Crippen molar-refractivity contribution in [2.24, 2.45) is 5.92 Å². The molecule has 0 radical (unpaired) electrons. The molecule has 1 amide bonds. The van der Waals surface area contributed by atoms with Gasteiger partial charge in [-0.25, -0.2) is 4.98 Å². The Morgan fingerprint density at radius 3 is 2.76 bits per heavy atom. The summed E-state index contributed by atoms with van der Waals surface area (Å²) >= 11 is 1.58. The van der Waals surface area contributed by atoms with E-state index in [1.54, 1.807) is 11.3 Å². The molecule has 0 spiro atoms. The number of nitrogens with zero attached hydrogens (tertiary/aromatic N) is 1. The van der Waals surface area contributed by atoms with Crippen molar-refractivity contribution in [2.75, 3.05) is 17.2 Å². The van der Waals surface area contributed by atoms with Gasteiger partial charge in [-0.2, -0.15) is 0 Å². The molecule has 0 unspecified atom stereocenters. The lowest BCUT2D eigenvalue weighted by atomic mass is 10.0. The zero-order valence-corrected chi connectivity index (χ0v) is 15.3. The van der Waals surface area contributed by atoms with E-state index in [2.05, 4.69) is 22.2 Å². The number of carbonyl (C=O) groups is 1. The molecule has 4 nitrogen and oxygen atoms in total. The van der Waals surface area contributed by atoms with Crippen LogP contribution in [0, 0.1) is 5.92 Å². The highest BCUT2D eigenvalue weighted by molar-refractivity contribution is 7.14. The average molecular weight is 356 g/mol. The Hall–Kier alpha value is -2.14. The first-order chi connectivity index (χ1) is 12.2. The van der Waals surface area contributed by atoms with E-state index in [9.17, 15) is 4.79 Å². The minimum absolute atomic E-state index is 0.115. The summed E-state index contributed by atoms with van der Waals surface area (Å²) in [5, 5.41) is 9.11. The van der Waals surface area contributed by atoms with Gasteiger partial charge in [0.15, 0.2) is 5.13 Å². The van der Waals surface area contributed by atoms with Gasteiger partial charge in [0.2, 0.25) is 5.91 Å². The maximum atomic E-state index is 12.1. The van der Waals surface area contributed by atoms with Gasteiger partial charge in [0.1, 0.15) is 0 Å². The van der Waals surface area contributed by atoms with E-state index in [0.29, 0.717) is 13.0 Å². The third-order valence-electron chi connectivity index (χ3n) is 4.62. The summed E-state index contributed by atoms with van der Waals surface area (Å²) in [6, 6.07) is 7.88. The fourth-order valence-corrected chi connectivity index (χ4v) is 3.96. The van der Waals surface area contributed by atoms with Gasteiger partial charge in [0.25, 0.3) is 0 Å². The van der Waals surface area contributed by atoms with Gasteiger partial charge < -0.3 is 10.6 Å². The van der Waals surface area contributed by atoms with E-state index < -0.39 is 0 Å². The standard InChI is InChI=1S/C20H25N3OS/c1-2-13-21-20-23-18(14-25-20)16-8-10-17(11-9-16)22-19(24)12-7-15-5-3-4-6-15/h2,8-11,14-15H,1,3-7,12-13H2,(H,21,23)(H,22,24).